The number of carbonyl (C=O) groups excluding carboxylic acids is 2. The molecule has 0 spiro atoms. The third kappa shape index (κ3) is 7.74. The van der Waals surface area contributed by atoms with Gasteiger partial charge in [-0.05, 0) is 70.2 Å². The molecule has 0 aromatic heterocycles. The topological polar surface area (TPSA) is 67.9 Å². The van der Waals surface area contributed by atoms with Gasteiger partial charge in [-0.15, -0.1) is 0 Å². The minimum absolute atomic E-state index is 0.0357. The Morgan fingerprint density at radius 1 is 0.971 bits per heavy atom. The minimum Gasteiger partial charge on any atom is -0.490 e. The van der Waals surface area contributed by atoms with Crippen LogP contribution in [-0.4, -0.2) is 42.0 Å². The average Bonchev–Trinajstić information content (AvgIpc) is 3.36. The fourth-order valence-corrected chi connectivity index (χ4v) is 4.51. The molecule has 1 saturated carbocycles. The molecule has 1 N–H and O–H groups in total. The SMILES string of the molecule is CCOc1ccc(CCC(=O)N(Cc2ccc(C)cc2)[C@@H](C)C(=O)NC2CCCC2)cc1OCC. The summed E-state index contributed by atoms with van der Waals surface area (Å²) >= 11 is 0. The lowest BCUT2D eigenvalue weighted by atomic mass is 10.1. The molecular weight excluding hydrogens is 440 g/mol. The van der Waals surface area contributed by atoms with Crippen LogP contribution >= 0.6 is 0 Å². The normalized spacial score (nSPS) is 14.4. The van der Waals surface area contributed by atoms with E-state index in [9.17, 15) is 9.59 Å². The molecule has 190 valence electrons. The van der Waals surface area contributed by atoms with Crippen LogP contribution in [0.25, 0.3) is 0 Å². The highest BCUT2D eigenvalue weighted by Crippen LogP contribution is 2.29. The molecular formula is C29H40N2O4. The third-order valence-corrected chi connectivity index (χ3v) is 6.58. The van der Waals surface area contributed by atoms with Gasteiger partial charge >= 0.3 is 0 Å². The number of hydrogen-bond acceptors (Lipinski definition) is 4. The number of amides is 2. The molecule has 1 aliphatic carbocycles. The van der Waals surface area contributed by atoms with Crippen LogP contribution in [0.15, 0.2) is 42.5 Å². The first-order valence-corrected chi connectivity index (χ1v) is 12.9. The number of nitrogens with one attached hydrogen (secondary N) is 1. The number of ether oxygens (including phenoxy) is 2. The predicted molar refractivity (Wildman–Crippen MR) is 139 cm³/mol. The lowest BCUT2D eigenvalue weighted by molar-refractivity contribution is -0.140. The molecule has 0 radical (unpaired) electrons. The maximum absolute atomic E-state index is 13.4. The first-order chi connectivity index (χ1) is 16.9. The van der Waals surface area contributed by atoms with Gasteiger partial charge in [0, 0.05) is 19.0 Å². The molecule has 35 heavy (non-hydrogen) atoms. The maximum atomic E-state index is 13.4. The van der Waals surface area contributed by atoms with Gasteiger partial charge in [-0.2, -0.15) is 0 Å². The Balaban J connectivity index is 1.72. The van der Waals surface area contributed by atoms with Crippen LogP contribution < -0.4 is 14.8 Å². The van der Waals surface area contributed by atoms with E-state index in [2.05, 4.69) is 5.32 Å². The molecule has 0 aliphatic heterocycles. The number of benzene rings is 2. The molecule has 2 aromatic rings. The van der Waals surface area contributed by atoms with E-state index in [1.807, 2.05) is 70.2 Å². The predicted octanol–water partition coefficient (Wildman–Crippen LogP) is 5.20. The molecule has 0 bridgehead atoms. The zero-order valence-electron chi connectivity index (χ0n) is 21.6. The second-order valence-corrected chi connectivity index (χ2v) is 9.32. The number of rotatable bonds is 12. The first kappa shape index (κ1) is 26.6. The lowest BCUT2D eigenvalue weighted by Crippen LogP contribution is -2.49. The molecule has 6 heteroatoms. The Morgan fingerprint density at radius 2 is 1.60 bits per heavy atom. The van der Waals surface area contributed by atoms with Crippen LogP contribution in [0.5, 0.6) is 11.5 Å². The largest absolute Gasteiger partial charge is 0.490 e. The van der Waals surface area contributed by atoms with Crippen LogP contribution in [0, 0.1) is 6.92 Å². The summed E-state index contributed by atoms with van der Waals surface area (Å²) in [5.74, 6) is 1.30. The molecule has 0 unspecified atom stereocenters. The Bertz CT molecular complexity index is 967. The van der Waals surface area contributed by atoms with Crippen molar-refractivity contribution in [1.29, 1.82) is 0 Å². The van der Waals surface area contributed by atoms with Gasteiger partial charge in [0.25, 0.3) is 0 Å². The van der Waals surface area contributed by atoms with E-state index in [1.54, 1.807) is 4.90 Å². The first-order valence-electron chi connectivity index (χ1n) is 12.9. The summed E-state index contributed by atoms with van der Waals surface area (Å²) in [7, 11) is 0. The van der Waals surface area contributed by atoms with E-state index in [-0.39, 0.29) is 17.9 Å². The summed E-state index contributed by atoms with van der Waals surface area (Å²) < 4.78 is 11.4. The molecule has 1 fully saturated rings. The molecule has 6 nitrogen and oxygen atoms in total. The number of aryl methyl sites for hydroxylation is 2. The monoisotopic (exact) mass is 480 g/mol. The van der Waals surface area contributed by atoms with Crippen LogP contribution in [0.4, 0.5) is 0 Å². The summed E-state index contributed by atoms with van der Waals surface area (Å²) in [5, 5.41) is 3.16. The molecule has 2 amide bonds. The standard InChI is InChI=1S/C29H40N2O4/c1-5-34-26-17-15-23(19-27(26)35-6-2)16-18-28(32)31(20-24-13-11-21(3)12-14-24)22(4)29(33)30-25-9-7-8-10-25/h11-15,17,19,22,25H,5-10,16,18,20H2,1-4H3,(H,30,33)/t22-/m0/s1. The molecule has 1 aliphatic rings. The van der Waals surface area contributed by atoms with Gasteiger partial charge in [-0.1, -0.05) is 48.7 Å². The summed E-state index contributed by atoms with van der Waals surface area (Å²) in [5.41, 5.74) is 3.19. The molecule has 2 aromatic carbocycles. The third-order valence-electron chi connectivity index (χ3n) is 6.58. The highest BCUT2D eigenvalue weighted by molar-refractivity contribution is 5.87. The minimum atomic E-state index is -0.538. The van der Waals surface area contributed by atoms with Gasteiger partial charge in [0.2, 0.25) is 11.8 Å². The van der Waals surface area contributed by atoms with Crippen LogP contribution in [0.1, 0.15) is 69.6 Å². The van der Waals surface area contributed by atoms with Gasteiger partial charge in [-0.25, -0.2) is 0 Å². The second-order valence-electron chi connectivity index (χ2n) is 9.32. The molecule has 1 atom stereocenters. The van der Waals surface area contributed by atoms with Gasteiger partial charge in [0.05, 0.1) is 13.2 Å². The van der Waals surface area contributed by atoms with Crippen molar-refractivity contribution in [2.45, 2.75) is 84.8 Å². The van der Waals surface area contributed by atoms with Crippen molar-refractivity contribution in [1.82, 2.24) is 10.2 Å². The summed E-state index contributed by atoms with van der Waals surface area (Å²) in [4.78, 5) is 28.2. The van der Waals surface area contributed by atoms with Crippen molar-refractivity contribution in [3.8, 4) is 11.5 Å². The van der Waals surface area contributed by atoms with Gasteiger partial charge in [0.1, 0.15) is 6.04 Å². The summed E-state index contributed by atoms with van der Waals surface area (Å²) in [6.45, 7) is 9.26. The Kier molecular flexibility index (Phi) is 10.0. The molecule has 0 heterocycles. The van der Waals surface area contributed by atoms with Crippen molar-refractivity contribution in [3.63, 3.8) is 0 Å². The van der Waals surface area contributed by atoms with Crippen molar-refractivity contribution in [3.05, 3.63) is 59.2 Å². The Hall–Kier alpha value is -3.02. The Morgan fingerprint density at radius 3 is 2.26 bits per heavy atom. The van der Waals surface area contributed by atoms with E-state index in [0.717, 1.165) is 36.8 Å². The van der Waals surface area contributed by atoms with Gasteiger partial charge in [-0.3, -0.25) is 9.59 Å². The quantitative estimate of drug-likeness (QED) is 0.453. The van der Waals surface area contributed by atoms with Crippen molar-refractivity contribution in [2.24, 2.45) is 0 Å². The van der Waals surface area contributed by atoms with Crippen molar-refractivity contribution in [2.75, 3.05) is 13.2 Å². The zero-order valence-corrected chi connectivity index (χ0v) is 21.6. The summed E-state index contributed by atoms with van der Waals surface area (Å²) in [6.07, 6.45) is 5.21. The Labute approximate surface area is 210 Å². The van der Waals surface area contributed by atoms with E-state index in [0.29, 0.717) is 44.1 Å². The fourth-order valence-electron chi connectivity index (χ4n) is 4.51. The second kappa shape index (κ2) is 13.2. The van der Waals surface area contributed by atoms with Crippen LogP contribution in [0.2, 0.25) is 0 Å². The number of nitrogens with zero attached hydrogens (tertiary/aromatic N) is 1. The van der Waals surface area contributed by atoms with E-state index < -0.39 is 6.04 Å². The van der Waals surface area contributed by atoms with E-state index in [4.69, 9.17) is 9.47 Å². The van der Waals surface area contributed by atoms with E-state index >= 15 is 0 Å². The number of hydrogen-bond donors (Lipinski definition) is 1. The van der Waals surface area contributed by atoms with Gasteiger partial charge in [0.15, 0.2) is 11.5 Å². The highest BCUT2D eigenvalue weighted by atomic mass is 16.5. The van der Waals surface area contributed by atoms with Crippen LogP contribution in [0.3, 0.4) is 0 Å². The average molecular weight is 481 g/mol. The number of carbonyl (C=O) groups is 2. The highest BCUT2D eigenvalue weighted by Gasteiger charge is 2.28. The van der Waals surface area contributed by atoms with Gasteiger partial charge < -0.3 is 19.7 Å². The maximum Gasteiger partial charge on any atom is 0.242 e. The smallest absolute Gasteiger partial charge is 0.242 e. The van der Waals surface area contributed by atoms with E-state index in [1.165, 1.54) is 5.56 Å². The van der Waals surface area contributed by atoms with Crippen molar-refractivity contribution < 1.29 is 19.1 Å². The molecule has 3 rings (SSSR count). The van der Waals surface area contributed by atoms with Crippen molar-refractivity contribution >= 4 is 11.8 Å². The molecule has 0 saturated heterocycles. The zero-order chi connectivity index (χ0) is 25.2. The fraction of sp³-hybridized carbons (Fsp3) is 0.517. The lowest BCUT2D eigenvalue weighted by Gasteiger charge is -2.30. The van der Waals surface area contributed by atoms with Crippen LogP contribution in [-0.2, 0) is 22.6 Å². The summed E-state index contributed by atoms with van der Waals surface area (Å²) in [6, 6.07) is 13.6.